The summed E-state index contributed by atoms with van der Waals surface area (Å²) in [6, 6.07) is 0. The van der Waals surface area contributed by atoms with Gasteiger partial charge in [0.25, 0.3) is 0 Å². The Morgan fingerprint density at radius 3 is 2.58 bits per heavy atom. The zero-order chi connectivity index (χ0) is 9.56. The van der Waals surface area contributed by atoms with E-state index in [2.05, 4.69) is 4.99 Å². The van der Waals surface area contributed by atoms with E-state index in [0.717, 1.165) is 5.06 Å². The molecular formula is C6H13N3O3. The predicted octanol–water partition coefficient (Wildman–Crippen LogP) is 0.341. The molecule has 0 unspecified atom stereocenters. The van der Waals surface area contributed by atoms with Crippen molar-refractivity contribution in [2.45, 2.75) is 13.3 Å². The van der Waals surface area contributed by atoms with Crippen molar-refractivity contribution in [2.75, 3.05) is 13.6 Å². The van der Waals surface area contributed by atoms with Crippen LogP contribution in [0.1, 0.15) is 13.3 Å². The van der Waals surface area contributed by atoms with Crippen molar-refractivity contribution in [1.29, 1.82) is 0 Å². The number of hydrogen-bond donors (Lipinski definition) is 3. The molecule has 0 heterocycles. The van der Waals surface area contributed by atoms with Gasteiger partial charge in [-0.3, -0.25) is 15.5 Å². The molecule has 0 saturated heterocycles. The van der Waals surface area contributed by atoms with Crippen molar-refractivity contribution in [3.8, 4) is 0 Å². The summed E-state index contributed by atoms with van der Waals surface area (Å²) in [4.78, 5) is 13.7. The van der Waals surface area contributed by atoms with Gasteiger partial charge in [-0.05, 0) is 6.42 Å². The second-order valence-electron chi connectivity index (χ2n) is 2.10. The van der Waals surface area contributed by atoms with Gasteiger partial charge in [-0.25, -0.2) is 9.86 Å². The highest BCUT2D eigenvalue weighted by atomic mass is 16.5. The number of hydroxylamine groups is 2. The molecule has 0 radical (unpaired) electrons. The summed E-state index contributed by atoms with van der Waals surface area (Å²) in [7, 11) is 1.39. The minimum Gasteiger partial charge on any atom is -0.465 e. The highest BCUT2D eigenvalue weighted by Crippen LogP contribution is 1.86. The molecule has 0 aliphatic heterocycles. The van der Waals surface area contributed by atoms with Gasteiger partial charge < -0.3 is 5.11 Å². The molecule has 0 aliphatic rings. The van der Waals surface area contributed by atoms with E-state index in [4.69, 9.17) is 10.3 Å². The van der Waals surface area contributed by atoms with Gasteiger partial charge in [-0.1, -0.05) is 6.92 Å². The number of carboxylic acid groups (broad SMARTS) is 1. The third-order valence-corrected chi connectivity index (χ3v) is 1.11. The minimum atomic E-state index is -1.24. The Morgan fingerprint density at radius 2 is 2.25 bits per heavy atom. The van der Waals surface area contributed by atoms with Gasteiger partial charge in [0.2, 0.25) is 5.96 Å². The Bertz CT molecular complexity index is 181. The quantitative estimate of drug-likeness (QED) is 0.321. The van der Waals surface area contributed by atoms with Gasteiger partial charge >= 0.3 is 6.09 Å². The van der Waals surface area contributed by atoms with E-state index in [1.54, 1.807) is 0 Å². The minimum absolute atomic E-state index is 0.0654. The van der Waals surface area contributed by atoms with Crippen molar-refractivity contribution in [3.05, 3.63) is 0 Å². The summed E-state index contributed by atoms with van der Waals surface area (Å²) in [5.74, 6) is -0.0654. The molecule has 3 N–H and O–H groups in total. The molecule has 6 heteroatoms. The molecule has 0 aromatic heterocycles. The first-order valence-corrected chi connectivity index (χ1v) is 3.55. The summed E-state index contributed by atoms with van der Waals surface area (Å²) < 4.78 is 0. The van der Waals surface area contributed by atoms with Gasteiger partial charge in [-0.2, -0.15) is 0 Å². The van der Waals surface area contributed by atoms with Crippen LogP contribution in [0.3, 0.4) is 0 Å². The van der Waals surface area contributed by atoms with Crippen LogP contribution in [0.15, 0.2) is 4.99 Å². The number of guanidine groups is 1. The number of hydrogen-bond acceptors (Lipinski definition) is 3. The predicted molar refractivity (Wildman–Crippen MR) is 43.3 cm³/mol. The molecule has 0 aromatic rings. The fourth-order valence-corrected chi connectivity index (χ4v) is 0.649. The summed E-state index contributed by atoms with van der Waals surface area (Å²) in [6.07, 6.45) is -0.539. The Morgan fingerprint density at radius 1 is 1.67 bits per heavy atom. The SMILES string of the molecule is CCCN(O)C(=NC)NC(=O)O. The number of rotatable bonds is 2. The van der Waals surface area contributed by atoms with E-state index in [0.29, 0.717) is 13.0 Å². The molecule has 6 nitrogen and oxygen atoms in total. The van der Waals surface area contributed by atoms with Crippen LogP contribution in [-0.2, 0) is 0 Å². The van der Waals surface area contributed by atoms with Gasteiger partial charge in [0.15, 0.2) is 0 Å². The molecule has 70 valence electrons. The number of carbonyl (C=O) groups is 1. The van der Waals surface area contributed by atoms with Crippen LogP contribution in [-0.4, -0.2) is 41.0 Å². The Labute approximate surface area is 70.5 Å². The van der Waals surface area contributed by atoms with E-state index in [1.807, 2.05) is 12.2 Å². The molecule has 1 amide bonds. The van der Waals surface area contributed by atoms with Crippen LogP contribution in [0.4, 0.5) is 4.79 Å². The second kappa shape index (κ2) is 5.36. The van der Waals surface area contributed by atoms with Gasteiger partial charge in [0.05, 0.1) is 0 Å². The molecule has 0 aromatic carbocycles. The molecule has 0 spiro atoms. The van der Waals surface area contributed by atoms with Crippen molar-refractivity contribution in [1.82, 2.24) is 10.4 Å². The lowest BCUT2D eigenvalue weighted by atomic mass is 10.5. The van der Waals surface area contributed by atoms with E-state index in [1.165, 1.54) is 7.05 Å². The third-order valence-electron chi connectivity index (χ3n) is 1.11. The molecule has 0 saturated carbocycles. The van der Waals surface area contributed by atoms with E-state index in [-0.39, 0.29) is 5.96 Å². The van der Waals surface area contributed by atoms with Crippen LogP contribution >= 0.6 is 0 Å². The maximum atomic E-state index is 10.1. The van der Waals surface area contributed by atoms with Crippen molar-refractivity contribution in [2.24, 2.45) is 4.99 Å². The summed E-state index contributed by atoms with van der Waals surface area (Å²) >= 11 is 0. The number of aliphatic imine (C=N–C) groups is 1. The first-order chi connectivity index (χ1) is 5.61. The molecule has 0 bridgehead atoms. The van der Waals surface area contributed by atoms with Gasteiger partial charge in [0, 0.05) is 13.6 Å². The normalized spacial score (nSPS) is 11.1. The molecule has 12 heavy (non-hydrogen) atoms. The first kappa shape index (κ1) is 10.7. The first-order valence-electron chi connectivity index (χ1n) is 3.55. The Hall–Kier alpha value is -1.30. The lowest BCUT2D eigenvalue weighted by molar-refractivity contribution is -0.0182. The van der Waals surface area contributed by atoms with Crippen LogP contribution < -0.4 is 5.32 Å². The van der Waals surface area contributed by atoms with Gasteiger partial charge in [0.1, 0.15) is 0 Å². The molecule has 0 atom stereocenters. The molecule has 0 aliphatic carbocycles. The average molecular weight is 175 g/mol. The highest BCUT2D eigenvalue weighted by molar-refractivity contribution is 5.92. The molecule has 0 fully saturated rings. The van der Waals surface area contributed by atoms with E-state index < -0.39 is 6.09 Å². The lowest BCUT2D eigenvalue weighted by Gasteiger charge is -2.16. The highest BCUT2D eigenvalue weighted by Gasteiger charge is 2.08. The monoisotopic (exact) mass is 175 g/mol. The van der Waals surface area contributed by atoms with Crippen LogP contribution in [0.25, 0.3) is 0 Å². The average Bonchev–Trinajstić information content (AvgIpc) is 2.00. The van der Waals surface area contributed by atoms with Crippen molar-refractivity contribution in [3.63, 3.8) is 0 Å². The Kier molecular flexibility index (Phi) is 4.78. The zero-order valence-electron chi connectivity index (χ0n) is 7.11. The second-order valence-corrected chi connectivity index (χ2v) is 2.10. The van der Waals surface area contributed by atoms with Crippen LogP contribution in [0.5, 0.6) is 0 Å². The Balaban J connectivity index is 4.07. The topological polar surface area (TPSA) is 85.2 Å². The summed E-state index contributed by atoms with van der Waals surface area (Å²) in [6.45, 7) is 2.20. The fourth-order valence-electron chi connectivity index (χ4n) is 0.649. The standard InChI is InChI=1S/C6H13N3O3/c1-3-4-9(12)5(7-2)8-6(10)11/h12H,3-4H2,1-2H3,(H,7,8)(H,10,11). The molecular weight excluding hydrogens is 162 g/mol. The third kappa shape index (κ3) is 3.77. The summed E-state index contributed by atoms with van der Waals surface area (Å²) in [5, 5.41) is 20.2. The van der Waals surface area contributed by atoms with Crippen LogP contribution in [0.2, 0.25) is 0 Å². The zero-order valence-corrected chi connectivity index (χ0v) is 7.11. The van der Waals surface area contributed by atoms with E-state index in [9.17, 15) is 4.79 Å². The number of nitrogens with zero attached hydrogens (tertiary/aromatic N) is 2. The maximum Gasteiger partial charge on any atom is 0.411 e. The van der Waals surface area contributed by atoms with Crippen molar-refractivity contribution >= 4 is 12.1 Å². The lowest BCUT2D eigenvalue weighted by Crippen LogP contribution is -2.42. The maximum absolute atomic E-state index is 10.1. The van der Waals surface area contributed by atoms with E-state index >= 15 is 0 Å². The fraction of sp³-hybridized carbons (Fsp3) is 0.667. The van der Waals surface area contributed by atoms with Gasteiger partial charge in [-0.15, -0.1) is 0 Å². The largest absolute Gasteiger partial charge is 0.465 e. The van der Waals surface area contributed by atoms with Crippen molar-refractivity contribution < 1.29 is 15.1 Å². The number of amides is 1. The number of nitrogens with one attached hydrogen (secondary N) is 1. The van der Waals surface area contributed by atoms with Crippen LogP contribution in [0, 0.1) is 0 Å². The summed E-state index contributed by atoms with van der Waals surface area (Å²) in [5.41, 5.74) is 0. The smallest absolute Gasteiger partial charge is 0.411 e. The molecule has 0 rings (SSSR count).